The monoisotopic (exact) mass is 649 g/mol. The van der Waals surface area contributed by atoms with Gasteiger partial charge in [0, 0.05) is 24.1 Å². The number of fused-ring (bicyclic) bond motifs is 1. The third kappa shape index (κ3) is 7.54. The average Bonchev–Trinajstić information content (AvgIpc) is 3.86. The van der Waals surface area contributed by atoms with Gasteiger partial charge in [0.2, 0.25) is 17.6 Å². The maximum absolute atomic E-state index is 14.4. The molecule has 0 aromatic heterocycles. The van der Waals surface area contributed by atoms with E-state index in [-0.39, 0.29) is 41.3 Å². The van der Waals surface area contributed by atoms with Gasteiger partial charge in [-0.15, -0.1) is 0 Å². The fraction of sp³-hybridized carbons (Fsp3) is 0.667. The van der Waals surface area contributed by atoms with Gasteiger partial charge in [0.15, 0.2) is 5.78 Å². The van der Waals surface area contributed by atoms with E-state index in [1.807, 2.05) is 39.0 Å². The smallest absolute Gasteiger partial charge is 0.315 e. The summed E-state index contributed by atoms with van der Waals surface area (Å²) in [7, 11) is 0. The molecule has 5 rings (SSSR count). The molecule has 0 spiro atoms. The number of benzene rings is 1. The van der Waals surface area contributed by atoms with Crippen molar-refractivity contribution in [3.63, 3.8) is 0 Å². The molecule has 4 fully saturated rings. The Labute approximate surface area is 277 Å². The molecule has 1 heterocycles. The molecule has 3 saturated carbocycles. The summed E-state index contributed by atoms with van der Waals surface area (Å²) >= 11 is 0. The van der Waals surface area contributed by atoms with E-state index in [4.69, 9.17) is 5.73 Å². The van der Waals surface area contributed by atoms with Crippen LogP contribution in [0.3, 0.4) is 0 Å². The van der Waals surface area contributed by atoms with Crippen LogP contribution in [0.4, 0.5) is 4.79 Å². The number of primary amides is 1. The van der Waals surface area contributed by atoms with E-state index in [0.29, 0.717) is 31.4 Å². The molecule has 5 N–H and O–H groups in total. The minimum Gasteiger partial charge on any atom is -0.363 e. The first-order valence-corrected chi connectivity index (χ1v) is 17.2. The van der Waals surface area contributed by atoms with Crippen molar-refractivity contribution in [1.82, 2.24) is 20.9 Å². The molecule has 5 amide bonds. The number of hydrogen-bond donors (Lipinski definition) is 4. The van der Waals surface area contributed by atoms with Crippen molar-refractivity contribution in [3.05, 3.63) is 35.9 Å². The van der Waals surface area contributed by atoms with Gasteiger partial charge in [-0.25, -0.2) is 4.79 Å². The predicted molar refractivity (Wildman–Crippen MR) is 176 cm³/mol. The van der Waals surface area contributed by atoms with E-state index in [1.165, 1.54) is 0 Å². The van der Waals surface area contributed by atoms with Crippen LogP contribution in [0.15, 0.2) is 30.3 Å². The van der Waals surface area contributed by atoms with Crippen LogP contribution >= 0.6 is 0 Å². The molecule has 11 nitrogen and oxygen atoms in total. The second kappa shape index (κ2) is 13.0. The lowest BCUT2D eigenvalue weighted by Crippen LogP contribution is -2.63. The fourth-order valence-electron chi connectivity index (χ4n) is 7.99. The van der Waals surface area contributed by atoms with E-state index in [1.54, 1.807) is 17.0 Å². The molecule has 0 radical (unpaired) electrons. The average molecular weight is 650 g/mol. The molecule has 4 aliphatic rings. The summed E-state index contributed by atoms with van der Waals surface area (Å²) in [4.78, 5) is 81.2. The molecule has 1 unspecified atom stereocenters. The molecule has 256 valence electrons. The maximum atomic E-state index is 14.4. The highest BCUT2D eigenvalue weighted by atomic mass is 16.2. The normalized spacial score (nSPS) is 25.5. The van der Waals surface area contributed by atoms with Gasteiger partial charge in [-0.3, -0.25) is 24.0 Å². The number of carbonyl (C=O) groups excluding carboxylic acids is 6. The van der Waals surface area contributed by atoms with Crippen molar-refractivity contribution in [1.29, 1.82) is 0 Å². The molecule has 11 heteroatoms. The van der Waals surface area contributed by atoms with Gasteiger partial charge in [0.1, 0.15) is 12.1 Å². The van der Waals surface area contributed by atoms with Crippen LogP contribution in [-0.2, 0) is 19.2 Å². The highest BCUT2D eigenvalue weighted by Gasteiger charge is 2.70. The summed E-state index contributed by atoms with van der Waals surface area (Å²) < 4.78 is 0. The van der Waals surface area contributed by atoms with Crippen LogP contribution in [0.2, 0.25) is 0 Å². The quantitative estimate of drug-likeness (QED) is 0.200. The van der Waals surface area contributed by atoms with E-state index >= 15 is 0 Å². The van der Waals surface area contributed by atoms with Crippen LogP contribution in [-0.4, -0.2) is 70.4 Å². The first-order valence-electron chi connectivity index (χ1n) is 17.2. The Balaban J connectivity index is 1.33. The maximum Gasteiger partial charge on any atom is 0.315 e. The van der Waals surface area contributed by atoms with E-state index in [0.717, 1.165) is 32.1 Å². The van der Waals surface area contributed by atoms with Gasteiger partial charge < -0.3 is 26.6 Å². The Kier molecular flexibility index (Phi) is 9.59. The predicted octanol–water partition coefficient (Wildman–Crippen LogP) is 3.50. The highest BCUT2D eigenvalue weighted by Crippen LogP contribution is 2.65. The van der Waals surface area contributed by atoms with Crippen molar-refractivity contribution in [2.45, 2.75) is 116 Å². The first-order chi connectivity index (χ1) is 22.0. The van der Waals surface area contributed by atoms with Crippen LogP contribution < -0.4 is 21.7 Å². The van der Waals surface area contributed by atoms with Gasteiger partial charge in [0.05, 0.1) is 6.04 Å². The number of Topliss-reactive ketones (excluding diaryl/α,β-unsaturated/α-hetero) is 2. The molecular weight excluding hydrogens is 598 g/mol. The van der Waals surface area contributed by atoms with Gasteiger partial charge in [-0.05, 0) is 47.8 Å². The number of likely N-dealkylation sites (tertiary alicyclic amines) is 1. The summed E-state index contributed by atoms with van der Waals surface area (Å²) in [5.41, 5.74) is 4.28. The molecule has 5 atom stereocenters. The summed E-state index contributed by atoms with van der Waals surface area (Å²) in [6.07, 6.45) is 6.46. The van der Waals surface area contributed by atoms with Crippen LogP contribution in [0.5, 0.6) is 0 Å². The number of piperidine rings is 1. The third-order valence-electron chi connectivity index (χ3n) is 11.1. The standard InChI is InChI=1S/C36H51N5O6/c1-34(2,3)29(39-33(47)40-36(16-10-7-11-17-36)19-25(42)22-12-8-6-9-13-22)32(46)41-20-23-26(35(23,4)5)27(41)31(45)38-24(18-21-14-15-21)28(43)30(37)44/h6,8-9,12-13,21,23-24,26-27,29H,7,10-11,14-20H2,1-5H3,(H2,37,44)(H,38,45)(H2,39,40,47)/t23-,24?,26-,27-,29+/m0/s1. The topological polar surface area (TPSA) is 168 Å². The van der Waals surface area contributed by atoms with Gasteiger partial charge >= 0.3 is 6.03 Å². The Hall–Kier alpha value is -3.76. The zero-order valence-corrected chi connectivity index (χ0v) is 28.4. The summed E-state index contributed by atoms with van der Waals surface area (Å²) in [5.74, 6) is -2.62. The number of rotatable bonds is 12. The largest absolute Gasteiger partial charge is 0.363 e. The zero-order chi connectivity index (χ0) is 34.3. The first kappa shape index (κ1) is 34.6. The molecular formula is C36H51N5O6. The minimum atomic E-state index is -1.09. The molecule has 1 saturated heterocycles. The zero-order valence-electron chi connectivity index (χ0n) is 28.4. The number of carbonyl (C=O) groups is 6. The lowest BCUT2D eigenvalue weighted by Gasteiger charge is -2.40. The molecule has 3 aliphatic carbocycles. The Bertz CT molecular complexity index is 1410. The SMILES string of the molecule is CC(C)(C)[C@H](NC(=O)NC1(CC(=O)c2ccccc2)CCCCC1)C(=O)N1C[C@H]2[C@@H]([C@H]1C(=O)NC(CC1CC1)C(=O)C(N)=O)C2(C)C. The van der Waals surface area contributed by atoms with Gasteiger partial charge in [-0.2, -0.15) is 0 Å². The van der Waals surface area contributed by atoms with Crippen molar-refractivity contribution in [2.75, 3.05) is 6.54 Å². The highest BCUT2D eigenvalue weighted by molar-refractivity contribution is 6.37. The summed E-state index contributed by atoms with van der Waals surface area (Å²) in [5, 5.41) is 8.84. The van der Waals surface area contributed by atoms with Crippen molar-refractivity contribution in [2.24, 2.45) is 34.3 Å². The van der Waals surface area contributed by atoms with E-state index in [9.17, 15) is 28.8 Å². The number of nitrogens with one attached hydrogen (secondary N) is 3. The molecule has 1 aliphatic heterocycles. The number of urea groups is 1. The summed E-state index contributed by atoms with van der Waals surface area (Å²) in [6.45, 7) is 10.0. The number of ketones is 2. The number of hydrogen-bond acceptors (Lipinski definition) is 6. The van der Waals surface area contributed by atoms with E-state index in [2.05, 4.69) is 29.8 Å². The van der Waals surface area contributed by atoms with Crippen LogP contribution in [0, 0.1) is 28.6 Å². The lowest BCUT2D eigenvalue weighted by atomic mass is 9.77. The Morgan fingerprint density at radius 2 is 1.60 bits per heavy atom. The number of nitrogens with zero attached hydrogens (tertiary/aromatic N) is 1. The Morgan fingerprint density at radius 3 is 2.17 bits per heavy atom. The molecule has 47 heavy (non-hydrogen) atoms. The summed E-state index contributed by atoms with van der Waals surface area (Å²) in [6, 6.07) is 5.67. The van der Waals surface area contributed by atoms with Gasteiger partial charge in [0.25, 0.3) is 5.91 Å². The minimum absolute atomic E-state index is 0.0428. The number of amides is 5. The van der Waals surface area contributed by atoms with Crippen LogP contribution in [0.1, 0.15) is 103 Å². The lowest BCUT2D eigenvalue weighted by molar-refractivity contribution is -0.145. The third-order valence-corrected chi connectivity index (χ3v) is 11.1. The second-order valence-corrected chi connectivity index (χ2v) is 16.1. The molecule has 1 aromatic rings. The Morgan fingerprint density at radius 1 is 0.957 bits per heavy atom. The number of nitrogens with two attached hydrogens (primary N) is 1. The van der Waals surface area contributed by atoms with Crippen molar-refractivity contribution in [3.8, 4) is 0 Å². The molecule has 0 bridgehead atoms. The van der Waals surface area contributed by atoms with Crippen LogP contribution in [0.25, 0.3) is 0 Å². The molecule has 1 aromatic carbocycles. The van der Waals surface area contributed by atoms with E-state index < -0.39 is 52.7 Å². The second-order valence-electron chi connectivity index (χ2n) is 16.1. The van der Waals surface area contributed by atoms with Gasteiger partial charge in [-0.1, -0.05) is 97.1 Å². The van der Waals surface area contributed by atoms with Crippen molar-refractivity contribution < 1.29 is 28.8 Å². The van der Waals surface area contributed by atoms with Crippen molar-refractivity contribution >= 4 is 35.3 Å². The fourth-order valence-corrected chi connectivity index (χ4v) is 7.99.